The molecule has 8 nitrogen and oxygen atoms in total. The molecule has 2 aromatic carbocycles. The van der Waals surface area contributed by atoms with Gasteiger partial charge in [-0.1, -0.05) is 55.9 Å². The highest BCUT2D eigenvalue weighted by Crippen LogP contribution is 2.35. The number of rotatable bonds is 6. The average molecular weight is 492 g/mol. The largest absolute Gasteiger partial charge is 0.493 e. The number of methoxy groups -OCH3 is 2. The zero-order valence-corrected chi connectivity index (χ0v) is 21.2. The Morgan fingerprint density at radius 1 is 1.03 bits per heavy atom. The number of nitrogens with zero attached hydrogens (tertiary/aromatic N) is 5. The smallest absolute Gasteiger partial charge is 0.233 e. The maximum atomic E-state index is 13.1. The summed E-state index contributed by atoms with van der Waals surface area (Å²) in [6, 6.07) is 13.5. The molecule has 1 saturated heterocycles. The van der Waals surface area contributed by atoms with E-state index < -0.39 is 0 Å². The van der Waals surface area contributed by atoms with Crippen molar-refractivity contribution in [3.63, 3.8) is 0 Å². The predicted molar refractivity (Wildman–Crippen MR) is 137 cm³/mol. The fraction of sp³-hybridized carbons (Fsp3) is 0.385. The van der Waals surface area contributed by atoms with E-state index in [-0.39, 0.29) is 5.91 Å². The zero-order valence-electron chi connectivity index (χ0n) is 20.4. The Labute approximate surface area is 208 Å². The van der Waals surface area contributed by atoms with E-state index in [4.69, 9.17) is 24.5 Å². The third-order valence-corrected chi connectivity index (χ3v) is 7.24. The molecule has 0 radical (unpaired) electrons. The molecular weight excluding hydrogens is 462 g/mol. The molecular formula is C26H29N5O3S. The highest BCUT2D eigenvalue weighted by Gasteiger charge is 2.26. The van der Waals surface area contributed by atoms with Gasteiger partial charge in [0.25, 0.3) is 0 Å². The average Bonchev–Trinajstić information content (AvgIpc) is 3.32. The number of hydrogen-bond donors (Lipinski definition) is 0. The van der Waals surface area contributed by atoms with Gasteiger partial charge in [0.1, 0.15) is 0 Å². The number of likely N-dealkylation sites (tertiary alicyclic amines) is 1. The molecule has 0 saturated carbocycles. The Kier molecular flexibility index (Phi) is 6.51. The van der Waals surface area contributed by atoms with E-state index in [1.54, 1.807) is 18.7 Å². The molecule has 0 spiro atoms. The van der Waals surface area contributed by atoms with Crippen molar-refractivity contribution in [2.45, 2.75) is 25.4 Å². The van der Waals surface area contributed by atoms with Crippen molar-refractivity contribution in [1.29, 1.82) is 0 Å². The monoisotopic (exact) mass is 491 g/mol. The van der Waals surface area contributed by atoms with E-state index in [1.165, 1.54) is 11.8 Å². The van der Waals surface area contributed by atoms with Gasteiger partial charge in [-0.3, -0.25) is 4.79 Å². The van der Waals surface area contributed by atoms with Gasteiger partial charge in [-0.15, -0.1) is 5.10 Å². The minimum absolute atomic E-state index is 0.124. The lowest BCUT2D eigenvalue weighted by molar-refractivity contribution is -0.130. The number of amides is 1. The second kappa shape index (κ2) is 9.73. The lowest BCUT2D eigenvalue weighted by atomic mass is 9.92. The molecule has 182 valence electrons. The molecule has 1 aliphatic rings. The first-order valence-corrected chi connectivity index (χ1v) is 12.7. The topological polar surface area (TPSA) is 81.9 Å². The maximum absolute atomic E-state index is 13.1. The number of carbonyl (C=O) groups is 1. The normalized spacial score (nSPS) is 18.2. The van der Waals surface area contributed by atoms with Gasteiger partial charge in [0.2, 0.25) is 5.91 Å². The standard InChI is InChI=1S/C26H29N5O3S/c1-16-10-17(2)14-30(13-16)23(32)15-35-26-27-20-12-22(34-4)21(33-3)11-19(20)25-28-24(29-31(25)26)18-8-6-5-7-9-18/h5-9,11-12,16-17H,10,13-15H2,1-4H3/t16-,17-/m1/s1. The van der Waals surface area contributed by atoms with Crippen LogP contribution in [0.25, 0.3) is 27.9 Å². The predicted octanol–water partition coefficient (Wildman–Crippen LogP) is 4.56. The Bertz CT molecular complexity index is 1360. The quantitative estimate of drug-likeness (QED) is 0.289. The van der Waals surface area contributed by atoms with Crippen molar-refractivity contribution in [3.8, 4) is 22.9 Å². The van der Waals surface area contributed by atoms with Crippen LogP contribution in [-0.2, 0) is 4.79 Å². The molecule has 1 amide bonds. The van der Waals surface area contributed by atoms with Crippen molar-refractivity contribution >= 4 is 34.2 Å². The van der Waals surface area contributed by atoms with Crippen LogP contribution in [0.1, 0.15) is 20.3 Å². The molecule has 2 atom stereocenters. The number of thioether (sulfide) groups is 1. The third kappa shape index (κ3) is 4.65. The second-order valence-corrected chi connectivity index (χ2v) is 10.1. The van der Waals surface area contributed by atoms with E-state index in [2.05, 4.69) is 13.8 Å². The van der Waals surface area contributed by atoms with Crippen LogP contribution in [0, 0.1) is 11.8 Å². The number of aromatic nitrogens is 4. The number of ether oxygens (including phenoxy) is 2. The van der Waals surface area contributed by atoms with E-state index in [0.29, 0.717) is 51.2 Å². The summed E-state index contributed by atoms with van der Waals surface area (Å²) in [6.45, 7) is 6.03. The Morgan fingerprint density at radius 3 is 2.40 bits per heavy atom. The SMILES string of the molecule is COc1cc2nc(SCC(=O)N3C[C@H](C)C[C@@H](C)C3)n3nc(-c4ccccc4)nc3c2cc1OC. The molecule has 3 heterocycles. The van der Waals surface area contributed by atoms with Gasteiger partial charge < -0.3 is 14.4 Å². The number of piperidine rings is 1. The molecule has 5 rings (SSSR count). The van der Waals surface area contributed by atoms with E-state index in [1.807, 2.05) is 47.4 Å². The van der Waals surface area contributed by atoms with Gasteiger partial charge in [0, 0.05) is 30.1 Å². The van der Waals surface area contributed by atoms with Gasteiger partial charge in [0.15, 0.2) is 28.1 Å². The minimum Gasteiger partial charge on any atom is -0.493 e. The van der Waals surface area contributed by atoms with Gasteiger partial charge in [-0.2, -0.15) is 4.52 Å². The van der Waals surface area contributed by atoms with Crippen molar-refractivity contribution in [1.82, 2.24) is 24.5 Å². The van der Waals surface area contributed by atoms with Crippen LogP contribution in [0.5, 0.6) is 11.5 Å². The van der Waals surface area contributed by atoms with Crippen LogP contribution in [0.3, 0.4) is 0 Å². The summed E-state index contributed by atoms with van der Waals surface area (Å²) in [6.07, 6.45) is 1.16. The molecule has 35 heavy (non-hydrogen) atoms. The van der Waals surface area contributed by atoms with Crippen LogP contribution in [0.2, 0.25) is 0 Å². The van der Waals surface area contributed by atoms with Crippen molar-refractivity contribution in [2.24, 2.45) is 11.8 Å². The molecule has 0 aliphatic carbocycles. The maximum Gasteiger partial charge on any atom is 0.233 e. The summed E-state index contributed by atoms with van der Waals surface area (Å²) < 4.78 is 12.7. The fourth-order valence-corrected chi connectivity index (χ4v) is 5.64. The van der Waals surface area contributed by atoms with Gasteiger partial charge in [0.05, 0.1) is 25.5 Å². The van der Waals surface area contributed by atoms with Crippen molar-refractivity contribution in [3.05, 3.63) is 42.5 Å². The Morgan fingerprint density at radius 2 is 1.71 bits per heavy atom. The fourth-order valence-electron chi connectivity index (χ4n) is 4.80. The van der Waals surface area contributed by atoms with Gasteiger partial charge in [-0.25, -0.2) is 9.97 Å². The lowest BCUT2D eigenvalue weighted by Gasteiger charge is -2.34. The summed E-state index contributed by atoms with van der Waals surface area (Å²) in [5.41, 5.74) is 2.27. The molecule has 0 N–H and O–H groups in total. The van der Waals surface area contributed by atoms with Crippen LogP contribution in [0.4, 0.5) is 0 Å². The first-order valence-electron chi connectivity index (χ1n) is 11.7. The summed E-state index contributed by atoms with van der Waals surface area (Å²) in [4.78, 5) is 24.8. The first kappa shape index (κ1) is 23.4. The third-order valence-electron chi connectivity index (χ3n) is 6.33. The second-order valence-electron chi connectivity index (χ2n) is 9.19. The molecule has 0 bridgehead atoms. The Balaban J connectivity index is 1.56. The number of hydrogen-bond acceptors (Lipinski definition) is 7. The highest BCUT2D eigenvalue weighted by molar-refractivity contribution is 7.99. The lowest BCUT2D eigenvalue weighted by Crippen LogP contribution is -2.43. The van der Waals surface area contributed by atoms with Gasteiger partial charge >= 0.3 is 0 Å². The minimum atomic E-state index is 0.124. The summed E-state index contributed by atoms with van der Waals surface area (Å²) in [5, 5.41) is 6.18. The summed E-state index contributed by atoms with van der Waals surface area (Å²) in [5.74, 6) is 3.23. The Hall–Kier alpha value is -3.33. The van der Waals surface area contributed by atoms with E-state index >= 15 is 0 Å². The molecule has 9 heteroatoms. The highest BCUT2D eigenvalue weighted by atomic mass is 32.2. The van der Waals surface area contributed by atoms with E-state index in [9.17, 15) is 4.79 Å². The van der Waals surface area contributed by atoms with Crippen molar-refractivity contribution < 1.29 is 14.3 Å². The number of benzene rings is 2. The van der Waals surface area contributed by atoms with Crippen LogP contribution in [0.15, 0.2) is 47.6 Å². The zero-order chi connectivity index (χ0) is 24.5. The van der Waals surface area contributed by atoms with Crippen LogP contribution in [-0.4, -0.2) is 63.5 Å². The number of carbonyl (C=O) groups excluding carboxylic acids is 1. The van der Waals surface area contributed by atoms with Gasteiger partial charge in [-0.05, 0) is 24.3 Å². The summed E-state index contributed by atoms with van der Waals surface area (Å²) >= 11 is 1.39. The molecule has 1 fully saturated rings. The van der Waals surface area contributed by atoms with Crippen LogP contribution < -0.4 is 9.47 Å². The molecule has 4 aromatic rings. The van der Waals surface area contributed by atoms with Crippen LogP contribution >= 0.6 is 11.8 Å². The van der Waals surface area contributed by atoms with Crippen molar-refractivity contribution in [2.75, 3.05) is 33.1 Å². The first-order chi connectivity index (χ1) is 17.0. The number of fused-ring (bicyclic) bond motifs is 3. The van der Waals surface area contributed by atoms with E-state index in [0.717, 1.165) is 30.5 Å². The molecule has 0 unspecified atom stereocenters. The summed E-state index contributed by atoms with van der Waals surface area (Å²) in [7, 11) is 3.20. The molecule has 2 aromatic heterocycles. The molecule has 1 aliphatic heterocycles.